The van der Waals surface area contributed by atoms with E-state index in [-0.39, 0.29) is 5.91 Å². The topological polar surface area (TPSA) is 29.5 Å². The number of fused-ring (bicyclic) bond motifs is 1. The zero-order valence-corrected chi connectivity index (χ0v) is 11.8. The van der Waals surface area contributed by atoms with E-state index in [2.05, 4.69) is 12.6 Å². The Bertz CT molecular complexity index is 625. The van der Waals surface area contributed by atoms with Gasteiger partial charge in [0.2, 0.25) is 0 Å². The monoisotopic (exact) mass is 285 g/mol. The van der Waals surface area contributed by atoms with Crippen LogP contribution in [0.5, 0.6) is 5.75 Å². The molecule has 1 amide bonds. The molecule has 0 bridgehead atoms. The third-order valence-electron chi connectivity index (χ3n) is 3.30. The molecule has 0 saturated heterocycles. The van der Waals surface area contributed by atoms with E-state index in [4.69, 9.17) is 4.74 Å². The molecule has 0 N–H and O–H groups in total. The summed E-state index contributed by atoms with van der Waals surface area (Å²) < 4.78 is 5.68. The summed E-state index contributed by atoms with van der Waals surface area (Å²) in [6, 6.07) is 14.9. The maximum Gasteiger partial charge on any atom is 0.258 e. The Balaban J connectivity index is 1.97. The first kappa shape index (κ1) is 13.1. The van der Waals surface area contributed by atoms with Crippen molar-refractivity contribution in [1.82, 2.24) is 0 Å². The summed E-state index contributed by atoms with van der Waals surface area (Å²) >= 11 is 4.24. The molecule has 0 unspecified atom stereocenters. The number of hydrogen-bond donors (Lipinski definition) is 1. The third-order valence-corrected chi connectivity index (χ3v) is 3.60. The Labute approximate surface area is 123 Å². The van der Waals surface area contributed by atoms with E-state index in [1.807, 2.05) is 36.4 Å². The first-order valence-corrected chi connectivity index (χ1v) is 7.03. The highest BCUT2D eigenvalue weighted by molar-refractivity contribution is 7.80. The largest absolute Gasteiger partial charge is 0.491 e. The van der Waals surface area contributed by atoms with Crippen LogP contribution in [0.15, 0.2) is 53.4 Å². The SMILES string of the molecule is O=C(c1ccc(S)cc1)N1CCCOc2ccccc21. The summed E-state index contributed by atoms with van der Waals surface area (Å²) in [6.45, 7) is 1.30. The minimum absolute atomic E-state index is 0.00344. The van der Waals surface area contributed by atoms with Crippen molar-refractivity contribution in [3.8, 4) is 5.75 Å². The molecular formula is C16H15NO2S. The summed E-state index contributed by atoms with van der Waals surface area (Å²) in [5.41, 5.74) is 1.50. The maximum atomic E-state index is 12.7. The average Bonchev–Trinajstić information content (AvgIpc) is 2.69. The number of rotatable bonds is 1. The van der Waals surface area contributed by atoms with Crippen LogP contribution in [0.3, 0.4) is 0 Å². The summed E-state index contributed by atoms with van der Waals surface area (Å²) in [5, 5.41) is 0. The second kappa shape index (κ2) is 5.59. The van der Waals surface area contributed by atoms with Crippen molar-refractivity contribution in [1.29, 1.82) is 0 Å². The lowest BCUT2D eigenvalue weighted by molar-refractivity contribution is 0.0987. The van der Waals surface area contributed by atoms with Gasteiger partial charge in [-0.1, -0.05) is 12.1 Å². The molecule has 0 fully saturated rings. The second-order valence-corrected chi connectivity index (χ2v) is 5.19. The Morgan fingerprint density at radius 1 is 1.10 bits per heavy atom. The van der Waals surface area contributed by atoms with Gasteiger partial charge in [-0.25, -0.2) is 0 Å². The predicted molar refractivity (Wildman–Crippen MR) is 81.9 cm³/mol. The van der Waals surface area contributed by atoms with Gasteiger partial charge in [0.15, 0.2) is 0 Å². The number of thiol groups is 1. The molecule has 4 heteroatoms. The van der Waals surface area contributed by atoms with E-state index < -0.39 is 0 Å². The molecule has 2 aromatic rings. The number of para-hydroxylation sites is 2. The van der Waals surface area contributed by atoms with Gasteiger partial charge in [0.1, 0.15) is 5.75 Å². The van der Waals surface area contributed by atoms with Crippen LogP contribution < -0.4 is 9.64 Å². The van der Waals surface area contributed by atoms with Gasteiger partial charge in [-0.05, 0) is 42.8 Å². The predicted octanol–water partition coefficient (Wildman–Crippen LogP) is 3.40. The molecule has 1 aliphatic heterocycles. The molecule has 20 heavy (non-hydrogen) atoms. The fourth-order valence-corrected chi connectivity index (χ4v) is 2.45. The van der Waals surface area contributed by atoms with Gasteiger partial charge in [-0.15, -0.1) is 12.6 Å². The summed E-state index contributed by atoms with van der Waals surface area (Å²) in [4.78, 5) is 15.3. The molecule has 0 spiro atoms. The quantitative estimate of drug-likeness (QED) is 0.814. The second-order valence-electron chi connectivity index (χ2n) is 4.67. The fourth-order valence-electron chi connectivity index (χ4n) is 2.30. The van der Waals surface area contributed by atoms with E-state index in [9.17, 15) is 4.79 Å². The maximum absolute atomic E-state index is 12.7. The number of hydrogen-bond acceptors (Lipinski definition) is 3. The van der Waals surface area contributed by atoms with E-state index in [0.717, 1.165) is 22.8 Å². The molecule has 0 aromatic heterocycles. The van der Waals surface area contributed by atoms with Gasteiger partial charge in [0.05, 0.1) is 12.3 Å². The van der Waals surface area contributed by atoms with E-state index in [1.165, 1.54) is 0 Å². The number of carbonyl (C=O) groups excluding carboxylic acids is 1. The van der Waals surface area contributed by atoms with Crippen molar-refractivity contribution in [3.05, 3.63) is 54.1 Å². The number of benzene rings is 2. The first-order chi connectivity index (χ1) is 9.75. The molecule has 1 aliphatic rings. The minimum atomic E-state index is -0.00344. The standard InChI is InChI=1S/C16H15NO2S/c18-16(12-6-8-13(20)9-7-12)17-10-3-11-19-15-5-2-1-4-14(15)17/h1-2,4-9,20H,3,10-11H2. The van der Waals surface area contributed by atoms with E-state index >= 15 is 0 Å². The molecule has 0 saturated carbocycles. The molecule has 0 radical (unpaired) electrons. The number of nitrogens with zero attached hydrogens (tertiary/aromatic N) is 1. The van der Waals surface area contributed by atoms with Crippen molar-refractivity contribution in [2.45, 2.75) is 11.3 Å². The molecular weight excluding hydrogens is 270 g/mol. The fraction of sp³-hybridized carbons (Fsp3) is 0.188. The van der Waals surface area contributed by atoms with E-state index in [0.29, 0.717) is 18.7 Å². The molecule has 2 aromatic carbocycles. The highest BCUT2D eigenvalue weighted by Crippen LogP contribution is 2.31. The van der Waals surface area contributed by atoms with Gasteiger partial charge >= 0.3 is 0 Å². The summed E-state index contributed by atoms with van der Waals surface area (Å²) in [7, 11) is 0. The van der Waals surface area contributed by atoms with Crippen LogP contribution >= 0.6 is 12.6 Å². The van der Waals surface area contributed by atoms with Crippen LogP contribution in [-0.2, 0) is 0 Å². The third kappa shape index (κ3) is 2.51. The van der Waals surface area contributed by atoms with Crippen molar-refractivity contribution >= 4 is 24.2 Å². The van der Waals surface area contributed by atoms with Gasteiger partial charge < -0.3 is 9.64 Å². The van der Waals surface area contributed by atoms with Crippen LogP contribution in [0.2, 0.25) is 0 Å². The van der Waals surface area contributed by atoms with Crippen LogP contribution in [0.4, 0.5) is 5.69 Å². The lowest BCUT2D eigenvalue weighted by atomic mass is 10.1. The Morgan fingerprint density at radius 2 is 1.85 bits per heavy atom. The number of amides is 1. The molecule has 3 rings (SSSR count). The Morgan fingerprint density at radius 3 is 2.65 bits per heavy atom. The zero-order valence-electron chi connectivity index (χ0n) is 11.0. The normalized spacial score (nSPS) is 14.2. The molecule has 3 nitrogen and oxygen atoms in total. The average molecular weight is 285 g/mol. The van der Waals surface area contributed by atoms with E-state index in [1.54, 1.807) is 17.0 Å². The van der Waals surface area contributed by atoms with Gasteiger partial charge in [0.25, 0.3) is 5.91 Å². The first-order valence-electron chi connectivity index (χ1n) is 6.58. The van der Waals surface area contributed by atoms with Crippen LogP contribution in [0.1, 0.15) is 16.8 Å². The highest BCUT2D eigenvalue weighted by atomic mass is 32.1. The van der Waals surface area contributed by atoms with Crippen molar-refractivity contribution in [2.24, 2.45) is 0 Å². The lowest BCUT2D eigenvalue weighted by Crippen LogP contribution is -2.31. The summed E-state index contributed by atoms with van der Waals surface area (Å²) in [6.07, 6.45) is 0.824. The zero-order chi connectivity index (χ0) is 13.9. The van der Waals surface area contributed by atoms with Crippen molar-refractivity contribution in [2.75, 3.05) is 18.1 Å². The van der Waals surface area contributed by atoms with Crippen LogP contribution in [0, 0.1) is 0 Å². The Kier molecular flexibility index (Phi) is 3.65. The number of carbonyl (C=O) groups is 1. The smallest absolute Gasteiger partial charge is 0.258 e. The van der Waals surface area contributed by atoms with Gasteiger partial charge in [-0.2, -0.15) is 0 Å². The van der Waals surface area contributed by atoms with Crippen LogP contribution in [0.25, 0.3) is 0 Å². The Hall–Kier alpha value is -1.94. The lowest BCUT2D eigenvalue weighted by Gasteiger charge is -2.21. The highest BCUT2D eigenvalue weighted by Gasteiger charge is 2.22. The van der Waals surface area contributed by atoms with Gasteiger partial charge in [0, 0.05) is 17.0 Å². The van der Waals surface area contributed by atoms with Crippen molar-refractivity contribution in [3.63, 3.8) is 0 Å². The van der Waals surface area contributed by atoms with Crippen LogP contribution in [-0.4, -0.2) is 19.1 Å². The number of anilines is 1. The summed E-state index contributed by atoms with van der Waals surface area (Å²) in [5.74, 6) is 0.764. The van der Waals surface area contributed by atoms with Gasteiger partial charge in [-0.3, -0.25) is 4.79 Å². The molecule has 0 aliphatic carbocycles. The molecule has 1 heterocycles. The molecule has 0 atom stereocenters. The van der Waals surface area contributed by atoms with Crippen molar-refractivity contribution < 1.29 is 9.53 Å². The number of ether oxygens (including phenoxy) is 1. The molecule has 102 valence electrons. The minimum Gasteiger partial charge on any atom is -0.491 e.